The highest BCUT2D eigenvalue weighted by Crippen LogP contribution is 2.20. The minimum Gasteiger partial charge on any atom is -0.383 e. The number of nitrogens with two attached hydrogens (primary N) is 1. The van der Waals surface area contributed by atoms with E-state index in [4.69, 9.17) is 5.73 Å². The molecule has 0 aromatic carbocycles. The molecular weight excluding hydrogens is 208 g/mol. The van der Waals surface area contributed by atoms with Gasteiger partial charge in [0, 0.05) is 18.7 Å². The van der Waals surface area contributed by atoms with Gasteiger partial charge in [0.2, 0.25) is 0 Å². The first-order valence-electron chi connectivity index (χ1n) is 5.42. The van der Waals surface area contributed by atoms with Crippen LogP contribution in [0.5, 0.6) is 0 Å². The molecule has 1 saturated heterocycles. The van der Waals surface area contributed by atoms with Crippen molar-refractivity contribution in [2.45, 2.75) is 25.3 Å². The summed E-state index contributed by atoms with van der Waals surface area (Å²) in [4.78, 5) is 2.43. The summed E-state index contributed by atoms with van der Waals surface area (Å²) >= 11 is 1.43. The lowest BCUT2D eigenvalue weighted by Crippen LogP contribution is -2.40. The summed E-state index contributed by atoms with van der Waals surface area (Å²) < 4.78 is 4.04. The molecule has 0 bridgehead atoms. The van der Waals surface area contributed by atoms with Crippen molar-refractivity contribution in [1.29, 1.82) is 0 Å². The van der Waals surface area contributed by atoms with Crippen molar-refractivity contribution < 1.29 is 0 Å². The van der Waals surface area contributed by atoms with Gasteiger partial charge in [0.05, 0.1) is 0 Å². The first kappa shape index (κ1) is 10.7. The molecule has 1 aromatic rings. The van der Waals surface area contributed by atoms with E-state index in [1.54, 1.807) is 0 Å². The van der Waals surface area contributed by atoms with Crippen molar-refractivity contribution in [3.8, 4) is 0 Å². The second-order valence-electron chi connectivity index (χ2n) is 4.13. The lowest BCUT2D eigenvalue weighted by atomic mass is 10.0. The maximum Gasteiger partial charge on any atom is 0.139 e. The molecule has 1 atom stereocenters. The van der Waals surface area contributed by atoms with Gasteiger partial charge in [0.15, 0.2) is 0 Å². The Hall–Kier alpha value is -0.810. The number of aromatic nitrogens is 1. The van der Waals surface area contributed by atoms with Crippen LogP contribution in [0.3, 0.4) is 0 Å². The Morgan fingerprint density at radius 3 is 3.20 bits per heavy atom. The third kappa shape index (κ3) is 2.82. The molecule has 1 unspecified atom stereocenters. The van der Waals surface area contributed by atoms with Gasteiger partial charge in [-0.1, -0.05) is 6.42 Å². The number of anilines is 2. The summed E-state index contributed by atoms with van der Waals surface area (Å²) in [6.45, 7) is 2.22. The summed E-state index contributed by atoms with van der Waals surface area (Å²) in [5.41, 5.74) is 5.56. The van der Waals surface area contributed by atoms with Gasteiger partial charge in [0.1, 0.15) is 10.8 Å². The average Bonchev–Trinajstić information content (AvgIpc) is 2.63. The molecule has 84 valence electrons. The summed E-state index contributed by atoms with van der Waals surface area (Å²) in [5.74, 6) is 0.611. The van der Waals surface area contributed by atoms with Crippen molar-refractivity contribution in [3.63, 3.8) is 0 Å². The molecule has 1 aliphatic rings. The van der Waals surface area contributed by atoms with Crippen LogP contribution >= 0.6 is 11.5 Å². The Morgan fingerprint density at radius 2 is 2.53 bits per heavy atom. The normalized spacial score (nSPS) is 22.9. The molecule has 1 aromatic heterocycles. The number of hydrogen-bond donors (Lipinski definition) is 2. The van der Waals surface area contributed by atoms with Crippen LogP contribution < -0.4 is 11.1 Å². The number of likely N-dealkylation sites (N-methyl/N-ethyl adjacent to an activating group) is 1. The molecule has 4 nitrogen and oxygen atoms in total. The van der Waals surface area contributed by atoms with Crippen LogP contribution in [0, 0.1) is 0 Å². The SMILES string of the molecule is CN1CCCCC1CNc1cc(N)ns1. The molecule has 1 aliphatic heterocycles. The molecule has 0 spiro atoms. The van der Waals surface area contributed by atoms with E-state index >= 15 is 0 Å². The van der Waals surface area contributed by atoms with Crippen LogP contribution in [0.1, 0.15) is 19.3 Å². The smallest absolute Gasteiger partial charge is 0.139 e. The van der Waals surface area contributed by atoms with Crippen LogP contribution in [0.25, 0.3) is 0 Å². The number of piperidine rings is 1. The highest BCUT2D eigenvalue weighted by molar-refractivity contribution is 7.10. The number of hydrogen-bond acceptors (Lipinski definition) is 5. The molecule has 3 N–H and O–H groups in total. The van der Waals surface area contributed by atoms with Gasteiger partial charge < -0.3 is 16.0 Å². The van der Waals surface area contributed by atoms with Crippen LogP contribution in [0.15, 0.2) is 6.07 Å². The zero-order valence-electron chi connectivity index (χ0n) is 9.07. The molecule has 2 rings (SSSR count). The minimum absolute atomic E-state index is 0.611. The fraction of sp³-hybridized carbons (Fsp3) is 0.700. The number of nitrogens with zero attached hydrogens (tertiary/aromatic N) is 2. The Balaban J connectivity index is 1.81. The summed E-state index contributed by atoms with van der Waals surface area (Å²) in [6, 6.07) is 2.55. The zero-order chi connectivity index (χ0) is 10.7. The summed E-state index contributed by atoms with van der Waals surface area (Å²) in [5, 5.41) is 4.48. The topological polar surface area (TPSA) is 54.2 Å². The first-order chi connectivity index (χ1) is 7.25. The predicted octanol–water partition coefficient (Wildman–Crippen LogP) is 1.62. The first-order valence-corrected chi connectivity index (χ1v) is 6.19. The molecule has 2 heterocycles. The van der Waals surface area contributed by atoms with Crippen molar-refractivity contribution in [1.82, 2.24) is 9.27 Å². The highest BCUT2D eigenvalue weighted by atomic mass is 32.1. The zero-order valence-corrected chi connectivity index (χ0v) is 9.89. The fourth-order valence-corrected chi connectivity index (χ4v) is 2.57. The minimum atomic E-state index is 0.611. The number of nitrogens with one attached hydrogen (secondary N) is 1. The average molecular weight is 226 g/mol. The van der Waals surface area contributed by atoms with Crippen molar-refractivity contribution in [2.75, 3.05) is 31.2 Å². The van der Waals surface area contributed by atoms with Gasteiger partial charge >= 0.3 is 0 Å². The van der Waals surface area contributed by atoms with E-state index in [9.17, 15) is 0 Å². The number of likely N-dealkylation sites (tertiary alicyclic amines) is 1. The van der Waals surface area contributed by atoms with E-state index in [0.29, 0.717) is 11.9 Å². The van der Waals surface area contributed by atoms with Crippen molar-refractivity contribution in [2.24, 2.45) is 0 Å². The Kier molecular flexibility index (Phi) is 3.43. The van der Waals surface area contributed by atoms with E-state index < -0.39 is 0 Å². The maximum absolute atomic E-state index is 5.56. The summed E-state index contributed by atoms with van der Waals surface area (Å²) in [7, 11) is 2.20. The van der Waals surface area contributed by atoms with E-state index in [1.807, 2.05) is 6.07 Å². The van der Waals surface area contributed by atoms with Gasteiger partial charge in [-0.3, -0.25) is 0 Å². The fourth-order valence-electron chi connectivity index (χ4n) is 1.99. The molecule has 15 heavy (non-hydrogen) atoms. The van der Waals surface area contributed by atoms with Gasteiger partial charge in [-0.05, 0) is 38.0 Å². The Morgan fingerprint density at radius 1 is 1.67 bits per heavy atom. The quantitative estimate of drug-likeness (QED) is 0.822. The van der Waals surface area contributed by atoms with Crippen LogP contribution in [0.4, 0.5) is 10.8 Å². The highest BCUT2D eigenvalue weighted by Gasteiger charge is 2.18. The number of rotatable bonds is 3. The molecular formula is C10H18N4S. The predicted molar refractivity (Wildman–Crippen MR) is 65.3 cm³/mol. The third-order valence-electron chi connectivity index (χ3n) is 2.96. The van der Waals surface area contributed by atoms with Gasteiger partial charge in [0.25, 0.3) is 0 Å². The van der Waals surface area contributed by atoms with Crippen molar-refractivity contribution >= 4 is 22.4 Å². The Bertz CT molecular complexity index is 312. The second kappa shape index (κ2) is 4.81. The lowest BCUT2D eigenvalue weighted by molar-refractivity contribution is 0.195. The van der Waals surface area contributed by atoms with E-state index in [0.717, 1.165) is 11.5 Å². The molecule has 0 saturated carbocycles. The number of nitrogen functional groups attached to an aromatic ring is 1. The van der Waals surface area contributed by atoms with Gasteiger partial charge in [-0.2, -0.15) is 4.37 Å². The molecule has 1 fully saturated rings. The monoisotopic (exact) mass is 226 g/mol. The van der Waals surface area contributed by atoms with Crippen molar-refractivity contribution in [3.05, 3.63) is 6.07 Å². The third-order valence-corrected chi connectivity index (χ3v) is 3.72. The standard InChI is InChI=1S/C10H18N4S/c1-14-5-3-2-4-8(14)7-12-10-6-9(11)13-15-10/h6,8,12H,2-5,7H2,1H3,(H2,11,13). The lowest BCUT2D eigenvalue weighted by Gasteiger charge is -2.32. The van der Waals surface area contributed by atoms with E-state index in [-0.39, 0.29) is 0 Å². The molecule has 0 aliphatic carbocycles. The second-order valence-corrected chi connectivity index (χ2v) is 4.93. The van der Waals surface area contributed by atoms with Gasteiger partial charge in [-0.15, -0.1) is 0 Å². The van der Waals surface area contributed by atoms with E-state index in [1.165, 1.54) is 37.3 Å². The van der Waals surface area contributed by atoms with Gasteiger partial charge in [-0.25, -0.2) is 0 Å². The van der Waals surface area contributed by atoms with E-state index in [2.05, 4.69) is 21.6 Å². The van der Waals surface area contributed by atoms with Crippen LogP contribution in [-0.4, -0.2) is 35.5 Å². The van der Waals surface area contributed by atoms with Crippen LogP contribution in [0.2, 0.25) is 0 Å². The molecule has 0 radical (unpaired) electrons. The Labute approximate surface area is 94.6 Å². The van der Waals surface area contributed by atoms with Crippen LogP contribution in [-0.2, 0) is 0 Å². The largest absolute Gasteiger partial charge is 0.383 e. The molecule has 5 heteroatoms. The maximum atomic E-state index is 5.56. The summed E-state index contributed by atoms with van der Waals surface area (Å²) in [6.07, 6.45) is 3.97. The molecule has 0 amide bonds.